The summed E-state index contributed by atoms with van der Waals surface area (Å²) in [6, 6.07) is 0. The second kappa shape index (κ2) is 9.93. The Balaban J connectivity index is 1.09. The molecule has 8 aliphatic rings. The van der Waals surface area contributed by atoms with Gasteiger partial charge >= 0.3 is 5.97 Å². The van der Waals surface area contributed by atoms with Crippen LogP contribution in [0, 0.1) is 50.7 Å². The normalized spacial score (nSPS) is 58.8. The average Bonchev–Trinajstić information content (AvgIpc) is 3.49. The second-order valence-electron chi connectivity index (χ2n) is 18.8. The van der Waals surface area contributed by atoms with Gasteiger partial charge in [0.05, 0.1) is 18.8 Å². The molecule has 0 radical (unpaired) electrons. The maximum atomic E-state index is 12.8. The molecule has 17 atom stereocenters. The molecule has 5 aliphatic carbocycles. The summed E-state index contributed by atoms with van der Waals surface area (Å²) in [5.41, 5.74) is -1.36. The molecule has 2 bridgehead atoms. The molecule has 0 aromatic rings. The number of fused-ring (bicyclic) bond motifs is 4. The van der Waals surface area contributed by atoms with E-state index in [1.165, 1.54) is 6.92 Å². The van der Waals surface area contributed by atoms with Crippen LogP contribution in [0.2, 0.25) is 0 Å². The number of hydrogen-bond donors (Lipinski definition) is 4. The van der Waals surface area contributed by atoms with E-state index in [1.54, 1.807) is 0 Å². The van der Waals surface area contributed by atoms with Crippen LogP contribution >= 0.6 is 0 Å². The zero-order valence-electron chi connectivity index (χ0n) is 29.5. The fraction of sp³-hybridized carbons (Fsp3) is 0.973. The molecule has 5 saturated carbocycles. The van der Waals surface area contributed by atoms with Gasteiger partial charge in [-0.3, -0.25) is 4.79 Å². The van der Waals surface area contributed by atoms with Crippen LogP contribution < -0.4 is 0 Å². The zero-order chi connectivity index (χ0) is 33.9. The van der Waals surface area contributed by atoms with Gasteiger partial charge < -0.3 is 44.1 Å². The number of aliphatic hydroxyl groups is 4. The molecule has 0 amide bonds. The van der Waals surface area contributed by atoms with Crippen molar-refractivity contribution in [2.45, 2.75) is 167 Å². The summed E-state index contributed by atoms with van der Waals surface area (Å²) in [5.74, 6) is -0.402. The van der Waals surface area contributed by atoms with Gasteiger partial charge in [0.2, 0.25) is 0 Å². The fourth-order valence-corrected chi connectivity index (χ4v) is 14.4. The Morgan fingerprint density at radius 3 is 2.28 bits per heavy atom. The first-order chi connectivity index (χ1) is 21.8. The number of esters is 1. The topological polar surface area (TPSA) is 144 Å². The molecule has 3 saturated heterocycles. The highest BCUT2D eigenvalue weighted by molar-refractivity contribution is 5.66. The lowest BCUT2D eigenvalue weighted by Gasteiger charge is -2.63. The third-order valence-corrected chi connectivity index (χ3v) is 16.3. The Bertz CT molecular complexity index is 1320. The van der Waals surface area contributed by atoms with E-state index in [0.29, 0.717) is 11.8 Å². The lowest BCUT2D eigenvalue weighted by Crippen LogP contribution is -2.61. The highest BCUT2D eigenvalue weighted by Gasteiger charge is 2.88. The van der Waals surface area contributed by atoms with Gasteiger partial charge in [0.15, 0.2) is 12.1 Å². The smallest absolute Gasteiger partial charge is 0.303 e. The van der Waals surface area contributed by atoms with Crippen molar-refractivity contribution in [3.05, 3.63) is 0 Å². The number of aliphatic hydroxyl groups excluding tert-OH is 4. The van der Waals surface area contributed by atoms with Crippen LogP contribution in [0.1, 0.15) is 107 Å². The Kier molecular flexibility index (Phi) is 7.03. The maximum Gasteiger partial charge on any atom is 0.303 e. The van der Waals surface area contributed by atoms with Crippen molar-refractivity contribution in [1.82, 2.24) is 0 Å². The standard InChI is InChI=1S/C37H58O10/c1-18-15-21-28(32(5,6)45-19(2)38)47-37(46-21)27(18)33(7)13-14-36-17-35(36)12-11-24(44-29-26(41)25(40)20(39)16-43-29)31(3,4)22(35)9-10-23(36)34(33,8)30(37)42/h18,20-30,39-42H,9-17H2,1-8H3/t18-,20-,21+,22+,23+,24+,25+,26-,27?,28+,29+,30-,33-,34-,35-,36+,37+/m1/s1. The van der Waals surface area contributed by atoms with Gasteiger partial charge in [0, 0.05) is 18.3 Å². The Labute approximate surface area is 279 Å². The molecule has 10 nitrogen and oxygen atoms in total. The molecule has 0 aromatic heterocycles. The number of hydrogen-bond acceptors (Lipinski definition) is 10. The predicted octanol–water partition coefficient (Wildman–Crippen LogP) is 3.69. The van der Waals surface area contributed by atoms with Crippen LogP contribution in [0.4, 0.5) is 0 Å². The van der Waals surface area contributed by atoms with E-state index >= 15 is 0 Å². The molecular formula is C37H58O10. The Hall–Kier alpha value is -0.850. The number of ether oxygens (including phenoxy) is 5. The van der Waals surface area contributed by atoms with Gasteiger partial charge in [-0.1, -0.05) is 34.6 Å². The lowest BCUT2D eigenvalue weighted by atomic mass is 9.41. The molecule has 8 rings (SSSR count). The van der Waals surface area contributed by atoms with Crippen molar-refractivity contribution in [2.75, 3.05) is 6.61 Å². The van der Waals surface area contributed by atoms with Gasteiger partial charge in [-0.25, -0.2) is 0 Å². The van der Waals surface area contributed by atoms with E-state index in [0.717, 1.165) is 51.4 Å². The Morgan fingerprint density at radius 1 is 0.894 bits per heavy atom. The van der Waals surface area contributed by atoms with E-state index in [1.807, 2.05) is 13.8 Å². The quantitative estimate of drug-likeness (QED) is 0.260. The average molecular weight is 663 g/mol. The highest BCUT2D eigenvalue weighted by atomic mass is 16.8. The van der Waals surface area contributed by atoms with Crippen LogP contribution in [-0.4, -0.2) is 93.4 Å². The highest BCUT2D eigenvalue weighted by Crippen LogP contribution is 2.90. The van der Waals surface area contributed by atoms with Crippen LogP contribution in [0.15, 0.2) is 0 Å². The largest absolute Gasteiger partial charge is 0.457 e. The molecule has 8 fully saturated rings. The van der Waals surface area contributed by atoms with Crippen molar-refractivity contribution in [3.63, 3.8) is 0 Å². The van der Waals surface area contributed by atoms with Gasteiger partial charge in [-0.05, 0) is 105 Å². The van der Waals surface area contributed by atoms with Crippen LogP contribution in [0.3, 0.4) is 0 Å². The second-order valence-corrected chi connectivity index (χ2v) is 18.8. The van der Waals surface area contributed by atoms with Crippen LogP contribution in [0.25, 0.3) is 0 Å². The molecule has 3 aliphatic heterocycles. The molecule has 266 valence electrons. The summed E-state index contributed by atoms with van der Waals surface area (Å²) in [5, 5.41) is 43.7. The molecule has 3 heterocycles. The van der Waals surface area contributed by atoms with Crippen LogP contribution in [-0.2, 0) is 28.5 Å². The van der Waals surface area contributed by atoms with Crippen molar-refractivity contribution < 1.29 is 48.9 Å². The molecular weight excluding hydrogens is 604 g/mol. The van der Waals surface area contributed by atoms with Crippen LogP contribution in [0.5, 0.6) is 0 Å². The van der Waals surface area contributed by atoms with E-state index in [9.17, 15) is 25.2 Å². The van der Waals surface area contributed by atoms with Gasteiger partial charge in [-0.2, -0.15) is 0 Å². The predicted molar refractivity (Wildman–Crippen MR) is 168 cm³/mol. The van der Waals surface area contributed by atoms with Gasteiger partial charge in [0.25, 0.3) is 0 Å². The molecule has 0 aromatic carbocycles. The number of rotatable bonds is 4. The first-order valence-electron chi connectivity index (χ1n) is 18.4. The SMILES string of the molecule is CC(=O)OC(C)(C)[C@H]1O[C@@]23O[C@H]1C[C@@H](C)C2[C@@]1(C)CC[C@@]24C[C@@]25CC[C@H](O[C@@H]2OC[C@@H](O)[C@H](O)[C@H]2O)C(C)(C)[C@@H]5CC[C@H]4[C@]1(C)[C@H]3O. The lowest BCUT2D eigenvalue weighted by molar-refractivity contribution is -0.303. The first kappa shape index (κ1) is 33.3. The fourth-order valence-electron chi connectivity index (χ4n) is 14.4. The van der Waals surface area contributed by atoms with Crippen molar-refractivity contribution >= 4 is 5.97 Å². The summed E-state index contributed by atoms with van der Waals surface area (Å²) >= 11 is 0. The van der Waals surface area contributed by atoms with E-state index < -0.39 is 53.6 Å². The third kappa shape index (κ3) is 3.88. The molecule has 10 heteroatoms. The van der Waals surface area contributed by atoms with Gasteiger partial charge in [-0.15, -0.1) is 0 Å². The summed E-state index contributed by atoms with van der Waals surface area (Å²) in [7, 11) is 0. The van der Waals surface area contributed by atoms with Crippen molar-refractivity contribution in [1.29, 1.82) is 0 Å². The molecule has 1 unspecified atom stereocenters. The van der Waals surface area contributed by atoms with Crippen molar-refractivity contribution in [3.8, 4) is 0 Å². The van der Waals surface area contributed by atoms with E-state index in [4.69, 9.17) is 23.7 Å². The molecule has 47 heavy (non-hydrogen) atoms. The molecule has 3 spiro atoms. The van der Waals surface area contributed by atoms with E-state index in [2.05, 4.69) is 34.6 Å². The summed E-state index contributed by atoms with van der Waals surface area (Å²) in [4.78, 5) is 12.1. The minimum Gasteiger partial charge on any atom is -0.457 e. The Morgan fingerprint density at radius 2 is 1.57 bits per heavy atom. The third-order valence-electron chi connectivity index (χ3n) is 16.3. The summed E-state index contributed by atoms with van der Waals surface area (Å²) < 4.78 is 31.9. The maximum absolute atomic E-state index is 12.8. The summed E-state index contributed by atoms with van der Waals surface area (Å²) in [6.07, 6.45) is 1.72. The van der Waals surface area contributed by atoms with Crippen molar-refractivity contribution in [2.24, 2.45) is 50.7 Å². The monoisotopic (exact) mass is 662 g/mol. The summed E-state index contributed by atoms with van der Waals surface area (Å²) in [6.45, 7) is 16.8. The number of carbonyl (C=O) groups is 1. The minimum atomic E-state index is -1.29. The molecule has 4 N–H and O–H groups in total. The van der Waals surface area contributed by atoms with E-state index in [-0.39, 0.29) is 58.3 Å². The first-order valence-corrected chi connectivity index (χ1v) is 18.4. The minimum absolute atomic E-state index is 0.0329. The number of carbonyl (C=O) groups excluding carboxylic acids is 1. The zero-order valence-corrected chi connectivity index (χ0v) is 29.5. The van der Waals surface area contributed by atoms with Gasteiger partial charge in [0.1, 0.15) is 36.1 Å².